The van der Waals surface area contributed by atoms with Gasteiger partial charge in [0.25, 0.3) is 0 Å². The van der Waals surface area contributed by atoms with Crippen LogP contribution >= 0.6 is 0 Å². The van der Waals surface area contributed by atoms with Crippen LogP contribution < -0.4 is 29.1 Å². The molecule has 12 nitrogen and oxygen atoms in total. The lowest BCUT2D eigenvalue weighted by Gasteiger charge is -2.38. The number of fused-ring (bicyclic) bond motifs is 2. The maximum atomic E-state index is 13.5. The number of hydrogen-bond acceptors (Lipinski definition) is 12. The number of hydrogen-bond donors (Lipinski definition) is 1. The number of carbonyl (C=O) groups excluding carboxylic acids is 1. The molecule has 266 valence electrons. The van der Waals surface area contributed by atoms with E-state index in [4.69, 9.17) is 32.8 Å². The first kappa shape index (κ1) is 35.1. The van der Waals surface area contributed by atoms with Crippen molar-refractivity contribution in [1.29, 1.82) is 0 Å². The molecule has 0 fully saturated rings. The zero-order valence-corrected chi connectivity index (χ0v) is 29.3. The summed E-state index contributed by atoms with van der Waals surface area (Å²) in [5, 5.41) is 11.9. The first-order valence-electron chi connectivity index (χ1n) is 16.3. The van der Waals surface area contributed by atoms with Crippen LogP contribution in [-0.4, -0.2) is 70.2 Å². The van der Waals surface area contributed by atoms with Gasteiger partial charge in [-0.05, 0) is 65.1 Å². The zero-order valence-electron chi connectivity index (χ0n) is 29.3. The Hall–Kier alpha value is -5.75. The van der Waals surface area contributed by atoms with Gasteiger partial charge < -0.3 is 37.9 Å². The van der Waals surface area contributed by atoms with E-state index in [9.17, 15) is 14.7 Å². The summed E-state index contributed by atoms with van der Waals surface area (Å²) < 4.78 is 39.9. The molecule has 1 aliphatic rings. The molecule has 0 unspecified atom stereocenters. The third-order valence-corrected chi connectivity index (χ3v) is 9.31. The monoisotopic (exact) mass is 696 g/mol. The summed E-state index contributed by atoms with van der Waals surface area (Å²) >= 11 is 0. The van der Waals surface area contributed by atoms with E-state index >= 15 is 0 Å². The Labute approximate surface area is 295 Å². The molecule has 1 aliphatic heterocycles. The highest BCUT2D eigenvalue weighted by Gasteiger charge is 2.34. The molecule has 3 heterocycles. The normalized spacial score (nSPS) is 14.7. The minimum atomic E-state index is -0.845. The third-order valence-electron chi connectivity index (χ3n) is 9.31. The maximum Gasteiger partial charge on any atom is 0.306 e. The average Bonchev–Trinajstić information content (AvgIpc) is 3.16. The van der Waals surface area contributed by atoms with Crippen LogP contribution in [0.3, 0.4) is 0 Å². The van der Waals surface area contributed by atoms with Crippen molar-refractivity contribution in [2.75, 3.05) is 49.2 Å². The van der Waals surface area contributed by atoms with Crippen LogP contribution in [0.5, 0.6) is 34.5 Å². The van der Waals surface area contributed by atoms with Gasteiger partial charge >= 0.3 is 5.97 Å². The summed E-state index contributed by atoms with van der Waals surface area (Å²) in [4.78, 5) is 32.8. The highest BCUT2D eigenvalue weighted by Crippen LogP contribution is 2.46. The molecule has 6 rings (SSSR count). The van der Waals surface area contributed by atoms with Crippen LogP contribution in [0.4, 0.5) is 0 Å². The SMILES string of the molecule is COC(=O)C[C@@H](c1oc(CN2CCc3cc(OC)c(OC)cc3[C@H]2c2cc(OC)c(OC)c(OC)c2)cc(=O)c1O)c1ccnc2ccccc12. The largest absolute Gasteiger partial charge is 0.502 e. The van der Waals surface area contributed by atoms with Gasteiger partial charge in [-0.3, -0.25) is 19.5 Å². The van der Waals surface area contributed by atoms with Gasteiger partial charge in [0, 0.05) is 24.2 Å². The van der Waals surface area contributed by atoms with Gasteiger partial charge in [-0.25, -0.2) is 0 Å². The topological polar surface area (TPSA) is 139 Å². The fourth-order valence-corrected chi connectivity index (χ4v) is 6.90. The molecular weight excluding hydrogens is 656 g/mol. The van der Waals surface area contributed by atoms with E-state index < -0.39 is 29.1 Å². The molecular formula is C39H40N2O10. The van der Waals surface area contributed by atoms with E-state index in [-0.39, 0.29) is 18.7 Å². The summed E-state index contributed by atoms with van der Waals surface area (Å²) in [5.74, 6) is 0.891. The number of esters is 1. The quantitative estimate of drug-likeness (QED) is 0.158. The van der Waals surface area contributed by atoms with Crippen molar-refractivity contribution in [2.45, 2.75) is 31.3 Å². The summed E-state index contributed by atoms with van der Waals surface area (Å²) in [7, 11) is 9.14. The van der Waals surface area contributed by atoms with Gasteiger partial charge in [0.05, 0.1) is 73.1 Å². The molecule has 0 saturated carbocycles. The second-order valence-electron chi connectivity index (χ2n) is 12.0. The van der Waals surface area contributed by atoms with Gasteiger partial charge in [0.1, 0.15) is 5.76 Å². The number of nitrogens with zero attached hydrogens (tertiary/aromatic N) is 2. The van der Waals surface area contributed by atoms with Crippen LogP contribution in [0.25, 0.3) is 10.9 Å². The number of carbonyl (C=O) groups is 1. The van der Waals surface area contributed by atoms with Crippen LogP contribution in [0.15, 0.2) is 76.1 Å². The van der Waals surface area contributed by atoms with Crippen LogP contribution in [-0.2, 0) is 22.5 Å². The summed E-state index contributed by atoms with van der Waals surface area (Å²) in [5.41, 5.74) is 3.54. The molecule has 0 spiro atoms. The van der Waals surface area contributed by atoms with E-state index in [1.807, 2.05) is 48.5 Å². The molecule has 5 aromatic rings. The summed E-state index contributed by atoms with van der Waals surface area (Å²) in [6.45, 7) is 0.726. The van der Waals surface area contributed by atoms with Crippen molar-refractivity contribution < 1.29 is 42.7 Å². The van der Waals surface area contributed by atoms with Crippen molar-refractivity contribution in [1.82, 2.24) is 9.88 Å². The number of para-hydroxylation sites is 1. The number of ether oxygens (including phenoxy) is 6. The maximum absolute atomic E-state index is 13.5. The Morgan fingerprint density at radius 2 is 1.59 bits per heavy atom. The zero-order chi connectivity index (χ0) is 36.2. The highest BCUT2D eigenvalue weighted by molar-refractivity contribution is 5.84. The first-order valence-corrected chi connectivity index (χ1v) is 16.3. The third kappa shape index (κ3) is 6.74. The summed E-state index contributed by atoms with van der Waals surface area (Å²) in [6.07, 6.45) is 2.09. The smallest absolute Gasteiger partial charge is 0.306 e. The van der Waals surface area contributed by atoms with Gasteiger partial charge in [0.15, 0.2) is 28.8 Å². The van der Waals surface area contributed by atoms with Crippen molar-refractivity contribution in [2.24, 2.45) is 0 Å². The standard InChI is InChI=1S/C39H40N2O10/c1-45-31-15-22-12-14-41(36(27(22)19-32(31)46-2)23-16-33(47-3)39(50-6)34(17-23)48-4)21-24-18-30(42)37(44)38(51-24)28(20-35(43)49-5)25-11-13-40-29-10-8-7-9-26(25)29/h7-11,13,15-19,28,36,44H,12,14,20-21H2,1-6H3/t28-,36-/m1/s1. The second kappa shape index (κ2) is 15.0. The lowest BCUT2D eigenvalue weighted by atomic mass is 9.87. The Kier molecular flexibility index (Phi) is 10.3. The predicted octanol–water partition coefficient (Wildman–Crippen LogP) is 5.78. The van der Waals surface area contributed by atoms with Gasteiger partial charge in [0.2, 0.25) is 16.9 Å². The van der Waals surface area contributed by atoms with Crippen LogP contribution in [0.2, 0.25) is 0 Å². The summed E-state index contributed by atoms with van der Waals surface area (Å²) in [6, 6.07) is 17.8. The number of benzene rings is 3. The lowest BCUT2D eigenvalue weighted by molar-refractivity contribution is -0.140. The van der Waals surface area contributed by atoms with E-state index in [0.717, 1.165) is 22.1 Å². The molecule has 2 aromatic heterocycles. The highest BCUT2D eigenvalue weighted by atomic mass is 16.5. The van der Waals surface area contributed by atoms with Crippen molar-refractivity contribution in [3.8, 4) is 34.5 Å². The number of aromatic hydroxyl groups is 1. The molecule has 0 radical (unpaired) electrons. The van der Waals surface area contributed by atoms with Crippen LogP contribution in [0.1, 0.15) is 52.2 Å². The van der Waals surface area contributed by atoms with E-state index in [2.05, 4.69) is 9.88 Å². The van der Waals surface area contributed by atoms with Gasteiger partial charge in [-0.2, -0.15) is 0 Å². The Morgan fingerprint density at radius 3 is 2.25 bits per heavy atom. The van der Waals surface area contributed by atoms with Crippen molar-refractivity contribution in [3.05, 3.63) is 111 Å². The lowest BCUT2D eigenvalue weighted by Crippen LogP contribution is -2.36. The van der Waals surface area contributed by atoms with E-state index in [0.29, 0.717) is 58.6 Å². The average molecular weight is 697 g/mol. The molecule has 0 bridgehead atoms. The second-order valence-corrected chi connectivity index (χ2v) is 12.0. The molecule has 1 N–H and O–H groups in total. The van der Waals surface area contributed by atoms with Gasteiger partial charge in [-0.15, -0.1) is 0 Å². The van der Waals surface area contributed by atoms with Crippen LogP contribution in [0, 0.1) is 0 Å². The Bertz CT molecular complexity index is 2100. The predicted molar refractivity (Wildman–Crippen MR) is 188 cm³/mol. The van der Waals surface area contributed by atoms with Gasteiger partial charge in [-0.1, -0.05) is 18.2 Å². The Morgan fingerprint density at radius 1 is 0.902 bits per heavy atom. The molecule has 0 saturated heterocycles. The number of methoxy groups -OCH3 is 6. The molecule has 0 aliphatic carbocycles. The van der Waals surface area contributed by atoms with Crippen molar-refractivity contribution >= 4 is 16.9 Å². The number of rotatable bonds is 12. The fraction of sp³-hybridized carbons (Fsp3) is 0.308. The molecule has 3 aromatic carbocycles. The molecule has 2 atom stereocenters. The molecule has 12 heteroatoms. The first-order chi connectivity index (χ1) is 24.7. The number of pyridine rings is 1. The minimum absolute atomic E-state index is 0.0348. The molecule has 51 heavy (non-hydrogen) atoms. The van der Waals surface area contributed by atoms with E-state index in [1.54, 1.807) is 47.8 Å². The molecule has 0 amide bonds. The van der Waals surface area contributed by atoms with Crippen molar-refractivity contribution in [3.63, 3.8) is 0 Å². The number of aromatic nitrogens is 1. The Balaban J connectivity index is 1.50. The van der Waals surface area contributed by atoms with E-state index in [1.165, 1.54) is 13.2 Å². The fourth-order valence-electron chi connectivity index (χ4n) is 6.90. The minimum Gasteiger partial charge on any atom is -0.502 e.